The largest absolute Gasteiger partial charge is 0.276 e. The van der Waals surface area contributed by atoms with Crippen molar-refractivity contribution in [1.82, 2.24) is 4.83 Å². The quantitative estimate of drug-likeness (QED) is 0.406. The molecule has 0 bridgehead atoms. The molecule has 23 heavy (non-hydrogen) atoms. The highest BCUT2D eigenvalue weighted by atomic mass is 32.2. The molecule has 1 aromatic carbocycles. The van der Waals surface area contributed by atoms with Crippen molar-refractivity contribution in [3.63, 3.8) is 0 Å². The Kier molecular flexibility index (Phi) is 4.77. The average molecular weight is 383 g/mol. The molecule has 2 heterocycles. The summed E-state index contributed by atoms with van der Waals surface area (Å²) in [6, 6.07) is 10.8. The summed E-state index contributed by atoms with van der Waals surface area (Å²) in [5, 5.41) is 3.88. The lowest BCUT2D eigenvalue weighted by atomic mass is 10.2. The van der Waals surface area contributed by atoms with Crippen molar-refractivity contribution in [2.45, 2.75) is 16.0 Å². The molecule has 0 spiro atoms. The maximum atomic E-state index is 12.1. The normalized spacial score (nSPS) is 12.3. The summed E-state index contributed by atoms with van der Waals surface area (Å²) in [6.45, 7) is 1.91. The number of nitrogens with one attached hydrogen (secondary N) is 1. The molecule has 3 aromatic rings. The van der Waals surface area contributed by atoms with Crippen molar-refractivity contribution in [2.75, 3.05) is 6.26 Å². The van der Waals surface area contributed by atoms with E-state index in [4.69, 9.17) is 0 Å². The Bertz CT molecular complexity index is 922. The summed E-state index contributed by atoms with van der Waals surface area (Å²) in [6.07, 6.45) is 3.60. The molecule has 0 aliphatic heterocycles. The zero-order valence-electron chi connectivity index (χ0n) is 12.4. The van der Waals surface area contributed by atoms with Crippen molar-refractivity contribution < 1.29 is 8.42 Å². The first-order valence-electron chi connectivity index (χ1n) is 6.67. The highest BCUT2D eigenvalue weighted by molar-refractivity contribution is 8.00. The van der Waals surface area contributed by atoms with Gasteiger partial charge in [0, 0.05) is 14.3 Å². The van der Waals surface area contributed by atoms with Gasteiger partial charge in [-0.05, 0) is 37.4 Å². The van der Waals surface area contributed by atoms with Crippen LogP contribution < -0.4 is 4.83 Å². The van der Waals surface area contributed by atoms with Gasteiger partial charge in [-0.1, -0.05) is 17.7 Å². The fourth-order valence-corrected chi connectivity index (χ4v) is 5.64. The predicted octanol–water partition coefficient (Wildman–Crippen LogP) is 4.31. The molecular weight excluding hydrogens is 368 g/mol. The first-order valence-corrected chi connectivity index (χ1v) is 11.0. The van der Waals surface area contributed by atoms with Crippen LogP contribution in [0.5, 0.6) is 0 Å². The molecule has 0 radical (unpaired) electrons. The van der Waals surface area contributed by atoms with Crippen LogP contribution in [0.2, 0.25) is 0 Å². The number of sulfonamides is 1. The van der Waals surface area contributed by atoms with Crippen molar-refractivity contribution in [3.8, 4) is 0 Å². The number of benzene rings is 1. The van der Waals surface area contributed by atoms with E-state index in [0.29, 0.717) is 0 Å². The number of hydrazone groups is 1. The summed E-state index contributed by atoms with van der Waals surface area (Å²) in [7, 11) is -3.62. The molecule has 0 aliphatic rings. The van der Waals surface area contributed by atoms with E-state index in [9.17, 15) is 8.42 Å². The molecule has 4 nitrogen and oxygen atoms in total. The van der Waals surface area contributed by atoms with E-state index in [1.54, 1.807) is 64.9 Å². The van der Waals surface area contributed by atoms with Gasteiger partial charge in [-0.2, -0.15) is 13.5 Å². The Labute approximate surface area is 147 Å². The first-order chi connectivity index (χ1) is 11.0. The molecule has 0 atom stereocenters. The maximum absolute atomic E-state index is 12.1. The van der Waals surface area contributed by atoms with Crippen LogP contribution in [0, 0.1) is 6.92 Å². The van der Waals surface area contributed by atoms with E-state index in [1.165, 1.54) is 13.6 Å². The Hall–Kier alpha value is -1.35. The van der Waals surface area contributed by atoms with Crippen molar-refractivity contribution in [2.24, 2.45) is 5.10 Å². The van der Waals surface area contributed by atoms with Gasteiger partial charge in [0.1, 0.15) is 0 Å². The number of rotatable bonds is 5. The standard InChI is InChI=1S/C15H14N2O2S4/c1-10-3-5-12(6-4-10)23(18,19)17-16-9-11-7-13-14(21-11)8-15(20-2)22-13/h3-9,17H,1-2H3. The van der Waals surface area contributed by atoms with Gasteiger partial charge in [-0.3, -0.25) is 0 Å². The molecule has 3 rings (SSSR count). The minimum atomic E-state index is -3.62. The molecule has 0 aliphatic carbocycles. The predicted molar refractivity (Wildman–Crippen MR) is 101 cm³/mol. The van der Waals surface area contributed by atoms with Gasteiger partial charge in [-0.25, -0.2) is 4.83 Å². The highest BCUT2D eigenvalue weighted by Crippen LogP contribution is 2.36. The lowest BCUT2D eigenvalue weighted by Crippen LogP contribution is -2.18. The van der Waals surface area contributed by atoms with E-state index in [0.717, 1.165) is 10.4 Å². The molecular formula is C15H14N2O2S4. The van der Waals surface area contributed by atoms with Crippen LogP contribution in [0.3, 0.4) is 0 Å². The SMILES string of the molecule is CSc1cc2sc(C=NNS(=O)(=O)c3ccc(C)cc3)cc2s1. The second kappa shape index (κ2) is 6.64. The molecule has 0 saturated carbocycles. The van der Waals surface area contributed by atoms with Crippen LogP contribution in [0.1, 0.15) is 10.4 Å². The first kappa shape index (κ1) is 16.5. The number of fused-ring (bicyclic) bond motifs is 1. The maximum Gasteiger partial charge on any atom is 0.276 e. The van der Waals surface area contributed by atoms with Crippen LogP contribution in [-0.4, -0.2) is 20.9 Å². The molecule has 2 aromatic heterocycles. The molecule has 8 heteroatoms. The Morgan fingerprint density at radius 2 is 1.83 bits per heavy atom. The number of hydrogen-bond donors (Lipinski definition) is 1. The number of thioether (sulfide) groups is 1. The van der Waals surface area contributed by atoms with E-state index >= 15 is 0 Å². The lowest BCUT2D eigenvalue weighted by Gasteiger charge is -2.02. The smallest absolute Gasteiger partial charge is 0.200 e. The number of aryl methyl sites for hydroxylation is 1. The fourth-order valence-electron chi connectivity index (χ4n) is 1.93. The van der Waals surface area contributed by atoms with Crippen LogP contribution in [0.4, 0.5) is 0 Å². The van der Waals surface area contributed by atoms with Gasteiger partial charge in [0.15, 0.2) is 0 Å². The topological polar surface area (TPSA) is 58.5 Å². The van der Waals surface area contributed by atoms with Crippen LogP contribution >= 0.6 is 34.4 Å². The number of thiophene rings is 2. The zero-order chi connectivity index (χ0) is 16.4. The summed E-state index contributed by atoms with van der Waals surface area (Å²) in [4.78, 5) is 3.38. The Balaban J connectivity index is 1.73. The van der Waals surface area contributed by atoms with Gasteiger partial charge >= 0.3 is 0 Å². The van der Waals surface area contributed by atoms with Crippen molar-refractivity contribution in [1.29, 1.82) is 0 Å². The van der Waals surface area contributed by atoms with E-state index in [2.05, 4.69) is 22.3 Å². The van der Waals surface area contributed by atoms with E-state index in [1.807, 2.05) is 13.0 Å². The molecule has 1 N–H and O–H groups in total. The fraction of sp³-hybridized carbons (Fsp3) is 0.133. The van der Waals surface area contributed by atoms with Gasteiger partial charge in [0.05, 0.1) is 15.3 Å². The van der Waals surface area contributed by atoms with Crippen molar-refractivity contribution in [3.05, 3.63) is 46.8 Å². The number of nitrogens with zero attached hydrogens (tertiary/aromatic N) is 1. The van der Waals surface area contributed by atoms with E-state index < -0.39 is 10.0 Å². The van der Waals surface area contributed by atoms with Gasteiger partial charge in [0.25, 0.3) is 10.0 Å². The zero-order valence-corrected chi connectivity index (χ0v) is 15.7. The van der Waals surface area contributed by atoms with E-state index in [-0.39, 0.29) is 4.90 Å². The van der Waals surface area contributed by atoms with Crippen LogP contribution in [-0.2, 0) is 10.0 Å². The summed E-state index contributed by atoms with van der Waals surface area (Å²) >= 11 is 5.05. The second-order valence-electron chi connectivity index (χ2n) is 4.81. The molecule has 0 fully saturated rings. The van der Waals surface area contributed by atoms with Crippen molar-refractivity contribution >= 4 is 60.1 Å². The van der Waals surface area contributed by atoms with Gasteiger partial charge in [-0.15, -0.1) is 34.4 Å². The van der Waals surface area contributed by atoms with Gasteiger partial charge < -0.3 is 0 Å². The third-order valence-electron chi connectivity index (χ3n) is 3.10. The minimum Gasteiger partial charge on any atom is -0.200 e. The summed E-state index contributed by atoms with van der Waals surface area (Å²) < 4.78 is 27.9. The molecule has 0 unspecified atom stereocenters. The molecule has 0 amide bonds. The summed E-state index contributed by atoms with van der Waals surface area (Å²) in [5.41, 5.74) is 1.01. The average Bonchev–Trinajstić information content (AvgIpc) is 3.05. The number of hydrogen-bond acceptors (Lipinski definition) is 6. The third-order valence-corrected chi connectivity index (χ3v) is 7.63. The second-order valence-corrected chi connectivity index (χ2v) is 9.78. The monoisotopic (exact) mass is 382 g/mol. The van der Waals surface area contributed by atoms with Gasteiger partial charge in [0.2, 0.25) is 0 Å². The molecule has 120 valence electrons. The van der Waals surface area contributed by atoms with Crippen LogP contribution in [0.25, 0.3) is 9.40 Å². The summed E-state index contributed by atoms with van der Waals surface area (Å²) in [5.74, 6) is 0. The third kappa shape index (κ3) is 3.77. The Morgan fingerprint density at radius 3 is 2.48 bits per heavy atom. The highest BCUT2D eigenvalue weighted by Gasteiger charge is 2.12. The van der Waals surface area contributed by atoms with Crippen LogP contribution in [0.15, 0.2) is 50.6 Å². The molecule has 0 saturated heterocycles. The Morgan fingerprint density at radius 1 is 1.13 bits per heavy atom. The minimum absolute atomic E-state index is 0.206. The lowest BCUT2D eigenvalue weighted by molar-refractivity contribution is 0.584.